The number of hydrogen-bond donors (Lipinski definition) is 1. The number of anilines is 2. The molecule has 1 saturated carbocycles. The van der Waals surface area contributed by atoms with Gasteiger partial charge in [0.2, 0.25) is 11.8 Å². The van der Waals surface area contributed by atoms with Crippen molar-refractivity contribution in [1.29, 1.82) is 0 Å². The molecule has 0 aliphatic heterocycles. The van der Waals surface area contributed by atoms with E-state index in [1.54, 1.807) is 0 Å². The summed E-state index contributed by atoms with van der Waals surface area (Å²) in [5.41, 5.74) is 4.78. The Hall–Kier alpha value is -3.39. The molecular weight excluding hydrogens is 494 g/mol. The Morgan fingerprint density at radius 3 is 2.11 bits per heavy atom. The molecule has 1 aromatic heterocycles. The number of hydrogen-bond acceptors (Lipinski definition) is 6. The highest BCUT2D eigenvalue weighted by atomic mass is 32.2. The van der Waals surface area contributed by atoms with Gasteiger partial charge in [0, 0.05) is 43.4 Å². The van der Waals surface area contributed by atoms with Gasteiger partial charge >= 0.3 is 0 Å². The summed E-state index contributed by atoms with van der Waals surface area (Å²) in [5, 5.41) is 3.71. The van der Waals surface area contributed by atoms with Gasteiger partial charge in [-0.2, -0.15) is 0 Å². The van der Waals surface area contributed by atoms with Crippen LogP contribution in [0.4, 0.5) is 11.4 Å². The predicted molar refractivity (Wildman–Crippen MR) is 155 cm³/mol. The van der Waals surface area contributed by atoms with Gasteiger partial charge in [0.25, 0.3) is 0 Å². The van der Waals surface area contributed by atoms with Gasteiger partial charge in [-0.05, 0) is 69.5 Å². The van der Waals surface area contributed by atoms with Crippen LogP contribution in [-0.4, -0.2) is 52.1 Å². The van der Waals surface area contributed by atoms with Gasteiger partial charge in [0.05, 0.1) is 5.75 Å². The van der Waals surface area contributed by atoms with Crippen LogP contribution in [0.2, 0.25) is 0 Å². The van der Waals surface area contributed by atoms with Crippen molar-refractivity contribution in [1.82, 2.24) is 14.9 Å². The van der Waals surface area contributed by atoms with Crippen molar-refractivity contribution in [2.75, 3.05) is 30.1 Å². The van der Waals surface area contributed by atoms with E-state index in [4.69, 9.17) is 0 Å². The molecule has 0 bridgehead atoms. The molecule has 3 aromatic rings. The molecule has 1 aliphatic carbocycles. The van der Waals surface area contributed by atoms with E-state index in [1.165, 1.54) is 11.8 Å². The highest BCUT2D eigenvalue weighted by Crippen LogP contribution is 2.38. The standard InChI is InChI=1S/C30H37N5O2S/c1-21-8-10-24(11-9-21)19-35(27(36)20-38-29-31-22(2)18-23(3)32-29)30(16-6-7-17-30)28(37)33-25-12-14-26(15-13-25)34(4)5/h8-15,18H,6-7,16-17,19-20H2,1-5H3,(H,33,37). The number of rotatable bonds is 9. The Kier molecular flexibility index (Phi) is 8.72. The third-order valence-electron chi connectivity index (χ3n) is 7.06. The SMILES string of the molecule is Cc1ccc(CN(C(=O)CSc2nc(C)cc(C)n2)C2(C(=O)Nc3ccc(N(C)C)cc3)CCCC2)cc1. The second kappa shape index (κ2) is 12.0. The zero-order valence-electron chi connectivity index (χ0n) is 23.0. The van der Waals surface area contributed by atoms with Crippen LogP contribution in [0.1, 0.15) is 48.2 Å². The summed E-state index contributed by atoms with van der Waals surface area (Å²) in [6.07, 6.45) is 3.07. The van der Waals surface area contributed by atoms with Crippen LogP contribution >= 0.6 is 11.8 Å². The zero-order chi connectivity index (χ0) is 27.3. The van der Waals surface area contributed by atoms with Gasteiger partial charge in [-0.25, -0.2) is 9.97 Å². The molecule has 2 amide bonds. The first-order chi connectivity index (χ1) is 18.2. The number of carbonyl (C=O) groups excluding carboxylic acids is 2. The quantitative estimate of drug-likeness (QED) is 0.289. The minimum atomic E-state index is -0.911. The topological polar surface area (TPSA) is 78.4 Å². The number of nitrogens with one attached hydrogen (secondary N) is 1. The molecule has 7 nitrogen and oxygen atoms in total. The Balaban J connectivity index is 1.61. The zero-order valence-corrected chi connectivity index (χ0v) is 23.8. The number of nitrogens with zero attached hydrogens (tertiary/aromatic N) is 4. The summed E-state index contributed by atoms with van der Waals surface area (Å²) in [7, 11) is 3.97. The summed E-state index contributed by atoms with van der Waals surface area (Å²) in [6.45, 7) is 6.27. The van der Waals surface area contributed by atoms with Gasteiger partial charge in [0.1, 0.15) is 5.54 Å². The molecule has 8 heteroatoms. The van der Waals surface area contributed by atoms with Crippen molar-refractivity contribution in [3.05, 3.63) is 77.1 Å². The molecule has 1 N–H and O–H groups in total. The molecule has 0 saturated heterocycles. The largest absolute Gasteiger partial charge is 0.378 e. The number of aryl methyl sites for hydroxylation is 3. The number of benzene rings is 2. The fourth-order valence-electron chi connectivity index (χ4n) is 4.99. The van der Waals surface area contributed by atoms with Crippen molar-refractivity contribution in [3.8, 4) is 0 Å². The van der Waals surface area contributed by atoms with Crippen molar-refractivity contribution >= 4 is 35.0 Å². The summed E-state index contributed by atoms with van der Waals surface area (Å²) < 4.78 is 0. The van der Waals surface area contributed by atoms with Gasteiger partial charge in [-0.15, -0.1) is 0 Å². The van der Waals surface area contributed by atoms with Gasteiger partial charge in [0.15, 0.2) is 5.16 Å². The normalized spacial score (nSPS) is 14.2. The van der Waals surface area contributed by atoms with Crippen LogP contribution in [0.5, 0.6) is 0 Å². The summed E-state index contributed by atoms with van der Waals surface area (Å²) >= 11 is 1.33. The molecule has 0 radical (unpaired) electrons. The van der Waals surface area contributed by atoms with E-state index >= 15 is 0 Å². The van der Waals surface area contributed by atoms with E-state index in [-0.39, 0.29) is 17.6 Å². The second-order valence-corrected chi connectivity index (χ2v) is 11.3. The van der Waals surface area contributed by atoms with Crippen LogP contribution in [0.25, 0.3) is 0 Å². The van der Waals surface area contributed by atoms with Crippen molar-refractivity contribution in [3.63, 3.8) is 0 Å². The fraction of sp³-hybridized carbons (Fsp3) is 0.400. The molecule has 0 unspecified atom stereocenters. The van der Waals surface area contributed by atoms with E-state index in [0.29, 0.717) is 24.5 Å². The highest BCUT2D eigenvalue weighted by molar-refractivity contribution is 7.99. The molecule has 1 aliphatic rings. The first kappa shape index (κ1) is 27.6. The lowest BCUT2D eigenvalue weighted by atomic mass is 9.92. The van der Waals surface area contributed by atoms with Crippen molar-refractivity contribution < 1.29 is 9.59 Å². The first-order valence-corrected chi connectivity index (χ1v) is 14.0. The molecule has 2 aromatic carbocycles. The molecule has 0 atom stereocenters. The van der Waals surface area contributed by atoms with Crippen LogP contribution in [0, 0.1) is 20.8 Å². The first-order valence-electron chi connectivity index (χ1n) is 13.1. The maximum absolute atomic E-state index is 14.0. The average Bonchev–Trinajstić information content (AvgIpc) is 3.38. The third-order valence-corrected chi connectivity index (χ3v) is 7.89. The van der Waals surface area contributed by atoms with E-state index in [0.717, 1.165) is 46.7 Å². The highest BCUT2D eigenvalue weighted by Gasteiger charge is 2.48. The minimum absolute atomic E-state index is 0.0849. The minimum Gasteiger partial charge on any atom is -0.378 e. The number of aromatic nitrogens is 2. The Bertz CT molecular complexity index is 1250. The molecule has 4 rings (SSSR count). The van der Waals surface area contributed by atoms with E-state index in [2.05, 4.69) is 15.3 Å². The van der Waals surface area contributed by atoms with Crippen LogP contribution in [0.3, 0.4) is 0 Å². The smallest absolute Gasteiger partial charge is 0.250 e. The predicted octanol–water partition coefficient (Wildman–Crippen LogP) is 5.54. The maximum atomic E-state index is 14.0. The van der Waals surface area contributed by atoms with E-state index < -0.39 is 5.54 Å². The lowest BCUT2D eigenvalue weighted by Crippen LogP contribution is -2.57. The molecular formula is C30H37N5O2S. The number of thioether (sulfide) groups is 1. The summed E-state index contributed by atoms with van der Waals surface area (Å²) in [6, 6.07) is 17.9. The monoisotopic (exact) mass is 531 g/mol. The summed E-state index contributed by atoms with van der Waals surface area (Å²) in [4.78, 5) is 40.6. The number of amides is 2. The molecule has 38 heavy (non-hydrogen) atoms. The van der Waals surface area contributed by atoms with Crippen LogP contribution < -0.4 is 10.2 Å². The summed E-state index contributed by atoms with van der Waals surface area (Å²) in [5.74, 6) is -0.0412. The van der Waals surface area contributed by atoms with E-state index in [9.17, 15) is 9.59 Å². The van der Waals surface area contributed by atoms with Gasteiger partial charge in [-0.1, -0.05) is 54.4 Å². The Morgan fingerprint density at radius 1 is 0.921 bits per heavy atom. The van der Waals surface area contributed by atoms with Crippen LogP contribution in [0.15, 0.2) is 59.8 Å². The van der Waals surface area contributed by atoms with Crippen molar-refractivity contribution in [2.24, 2.45) is 0 Å². The lowest BCUT2D eigenvalue weighted by Gasteiger charge is -2.40. The Labute approximate surface area is 230 Å². The fourth-order valence-corrected chi connectivity index (χ4v) is 5.81. The Morgan fingerprint density at radius 2 is 1.53 bits per heavy atom. The third kappa shape index (κ3) is 6.54. The molecule has 200 valence electrons. The molecule has 1 fully saturated rings. The van der Waals surface area contributed by atoms with E-state index in [1.807, 2.05) is 99.3 Å². The lowest BCUT2D eigenvalue weighted by molar-refractivity contribution is -0.144. The van der Waals surface area contributed by atoms with Gasteiger partial charge < -0.3 is 15.1 Å². The average molecular weight is 532 g/mol. The number of carbonyl (C=O) groups is 2. The second-order valence-electron chi connectivity index (χ2n) is 10.3. The maximum Gasteiger partial charge on any atom is 0.250 e. The van der Waals surface area contributed by atoms with Gasteiger partial charge in [-0.3, -0.25) is 9.59 Å². The molecule has 1 heterocycles. The molecule has 0 spiro atoms. The van der Waals surface area contributed by atoms with Crippen LogP contribution in [-0.2, 0) is 16.1 Å². The van der Waals surface area contributed by atoms with Crippen molar-refractivity contribution in [2.45, 2.75) is 63.7 Å².